The first-order chi connectivity index (χ1) is 12.2. The maximum Gasteiger partial charge on any atom is 0.225 e. The Balaban J connectivity index is 1.52. The molecular weight excluding hydrogens is 332 g/mol. The van der Waals surface area contributed by atoms with E-state index in [4.69, 9.17) is 4.99 Å². The summed E-state index contributed by atoms with van der Waals surface area (Å²) in [7, 11) is 0. The van der Waals surface area contributed by atoms with E-state index in [2.05, 4.69) is 41.5 Å². The van der Waals surface area contributed by atoms with Crippen LogP contribution in [-0.4, -0.2) is 42.4 Å². The summed E-state index contributed by atoms with van der Waals surface area (Å²) in [6.07, 6.45) is 5.59. The molecule has 1 atom stereocenters. The Kier molecular flexibility index (Phi) is 6.34. The van der Waals surface area contributed by atoms with Crippen molar-refractivity contribution in [3.8, 4) is 0 Å². The maximum atomic E-state index is 12.6. The summed E-state index contributed by atoms with van der Waals surface area (Å²) in [4.78, 5) is 21.9. The molecule has 0 radical (unpaired) electrons. The van der Waals surface area contributed by atoms with Gasteiger partial charge in [-0.3, -0.25) is 4.79 Å². The molecule has 0 spiro atoms. The monoisotopic (exact) mass is 362 g/mol. The highest BCUT2D eigenvalue weighted by molar-refractivity contribution is 7.11. The van der Waals surface area contributed by atoms with E-state index >= 15 is 0 Å². The van der Waals surface area contributed by atoms with Gasteiger partial charge >= 0.3 is 0 Å². The van der Waals surface area contributed by atoms with Crippen molar-refractivity contribution in [1.29, 1.82) is 0 Å². The van der Waals surface area contributed by atoms with Crippen molar-refractivity contribution in [2.45, 2.75) is 58.5 Å². The van der Waals surface area contributed by atoms with Gasteiger partial charge < -0.3 is 15.5 Å². The zero-order valence-electron chi connectivity index (χ0n) is 15.4. The van der Waals surface area contributed by atoms with Crippen LogP contribution in [0.5, 0.6) is 0 Å². The number of carbonyl (C=O) groups is 1. The molecule has 2 fully saturated rings. The second kappa shape index (κ2) is 8.70. The number of likely N-dealkylation sites (tertiary alicyclic amines) is 1. The Morgan fingerprint density at radius 3 is 2.80 bits per heavy atom. The average Bonchev–Trinajstić information content (AvgIpc) is 3.34. The van der Waals surface area contributed by atoms with E-state index in [1.807, 2.05) is 0 Å². The number of nitrogens with zero attached hydrogens (tertiary/aromatic N) is 2. The molecule has 1 amide bonds. The molecule has 138 valence electrons. The molecule has 1 saturated carbocycles. The Hall–Kier alpha value is -1.56. The molecule has 3 rings (SSSR count). The molecule has 5 nitrogen and oxygen atoms in total. The maximum absolute atomic E-state index is 12.6. The molecule has 2 N–H and O–H groups in total. The Bertz CT molecular complexity index is 606. The smallest absolute Gasteiger partial charge is 0.225 e. The van der Waals surface area contributed by atoms with E-state index in [-0.39, 0.29) is 5.92 Å². The number of aryl methyl sites for hydroxylation is 1. The molecule has 1 aliphatic carbocycles. The lowest BCUT2D eigenvalue weighted by Crippen LogP contribution is -2.45. The van der Waals surface area contributed by atoms with Crippen molar-refractivity contribution < 1.29 is 4.79 Å². The number of amides is 1. The molecule has 25 heavy (non-hydrogen) atoms. The van der Waals surface area contributed by atoms with Crippen molar-refractivity contribution in [2.24, 2.45) is 10.9 Å². The predicted molar refractivity (Wildman–Crippen MR) is 104 cm³/mol. The average molecular weight is 363 g/mol. The summed E-state index contributed by atoms with van der Waals surface area (Å²) in [6.45, 7) is 7.42. The lowest BCUT2D eigenvalue weighted by atomic mass is 10.1. The van der Waals surface area contributed by atoms with Crippen LogP contribution < -0.4 is 10.6 Å². The highest BCUT2D eigenvalue weighted by Gasteiger charge is 2.32. The summed E-state index contributed by atoms with van der Waals surface area (Å²) >= 11 is 1.79. The van der Waals surface area contributed by atoms with Crippen molar-refractivity contribution in [3.05, 3.63) is 21.9 Å². The number of thiophene rings is 1. The van der Waals surface area contributed by atoms with Gasteiger partial charge in [0, 0.05) is 41.3 Å². The minimum Gasteiger partial charge on any atom is -0.357 e. The second-order valence-corrected chi connectivity index (χ2v) is 8.48. The van der Waals surface area contributed by atoms with Gasteiger partial charge in [-0.25, -0.2) is 4.99 Å². The minimum absolute atomic E-state index is 0.280. The minimum atomic E-state index is 0.280. The summed E-state index contributed by atoms with van der Waals surface area (Å²) < 4.78 is 0. The van der Waals surface area contributed by atoms with Gasteiger partial charge in [0.05, 0.1) is 6.54 Å². The Labute approximate surface area is 154 Å². The van der Waals surface area contributed by atoms with Crippen LogP contribution in [0.25, 0.3) is 0 Å². The summed E-state index contributed by atoms with van der Waals surface area (Å²) in [5.74, 6) is 1.51. The van der Waals surface area contributed by atoms with Crippen LogP contribution in [-0.2, 0) is 11.3 Å². The van der Waals surface area contributed by atoms with Crippen molar-refractivity contribution >= 4 is 23.2 Å². The van der Waals surface area contributed by atoms with E-state index in [1.54, 1.807) is 11.3 Å². The lowest BCUT2D eigenvalue weighted by molar-refractivity contribution is -0.134. The molecule has 0 bridgehead atoms. The SMILES string of the molecule is CCNC(=NCc1ccc(C)s1)NC1CCN(C(=O)C2CCCC2)C1. The number of aliphatic imine (C=N–C) groups is 1. The van der Waals surface area contributed by atoms with Gasteiger partial charge in [0.15, 0.2) is 5.96 Å². The van der Waals surface area contributed by atoms with Gasteiger partial charge in [-0.15, -0.1) is 11.3 Å². The van der Waals surface area contributed by atoms with Gasteiger partial charge in [-0.2, -0.15) is 0 Å². The molecule has 0 aromatic carbocycles. The number of nitrogens with one attached hydrogen (secondary N) is 2. The fourth-order valence-corrected chi connectivity index (χ4v) is 4.56. The van der Waals surface area contributed by atoms with Gasteiger partial charge in [0.2, 0.25) is 5.91 Å². The number of rotatable bonds is 5. The van der Waals surface area contributed by atoms with E-state index in [0.717, 1.165) is 44.9 Å². The first-order valence-electron chi connectivity index (χ1n) is 9.54. The normalized spacial score (nSPS) is 21.8. The van der Waals surface area contributed by atoms with E-state index in [0.29, 0.717) is 18.5 Å². The topological polar surface area (TPSA) is 56.7 Å². The quantitative estimate of drug-likeness (QED) is 0.625. The molecule has 1 aromatic heterocycles. The van der Waals surface area contributed by atoms with Crippen LogP contribution in [0.2, 0.25) is 0 Å². The van der Waals surface area contributed by atoms with Gasteiger partial charge in [0.25, 0.3) is 0 Å². The first-order valence-corrected chi connectivity index (χ1v) is 10.4. The van der Waals surface area contributed by atoms with E-state index in [1.165, 1.54) is 22.6 Å². The third-order valence-corrected chi connectivity index (χ3v) is 6.06. The summed E-state index contributed by atoms with van der Waals surface area (Å²) in [6, 6.07) is 4.58. The third-order valence-electron chi connectivity index (χ3n) is 5.08. The first kappa shape index (κ1) is 18.2. The predicted octanol–water partition coefficient (Wildman–Crippen LogP) is 2.90. The van der Waals surface area contributed by atoms with Crippen molar-refractivity contribution in [1.82, 2.24) is 15.5 Å². The lowest BCUT2D eigenvalue weighted by Gasteiger charge is -2.21. The Morgan fingerprint density at radius 2 is 2.12 bits per heavy atom. The zero-order chi connectivity index (χ0) is 17.6. The van der Waals surface area contributed by atoms with Crippen LogP contribution in [0.4, 0.5) is 0 Å². The second-order valence-electron chi connectivity index (χ2n) is 7.10. The van der Waals surface area contributed by atoms with Gasteiger partial charge in [-0.05, 0) is 45.2 Å². The van der Waals surface area contributed by atoms with Gasteiger partial charge in [0.1, 0.15) is 0 Å². The molecular formula is C19H30N4OS. The standard InChI is InChI=1S/C19H30N4OS/c1-3-20-19(21-12-17-9-8-14(2)25-17)22-16-10-11-23(13-16)18(24)15-6-4-5-7-15/h8-9,15-16H,3-7,10-13H2,1-2H3,(H2,20,21,22). The molecule has 2 heterocycles. The van der Waals surface area contributed by atoms with Crippen molar-refractivity contribution in [2.75, 3.05) is 19.6 Å². The third kappa shape index (κ3) is 4.97. The van der Waals surface area contributed by atoms with Crippen molar-refractivity contribution in [3.63, 3.8) is 0 Å². The fourth-order valence-electron chi connectivity index (χ4n) is 3.75. The Morgan fingerprint density at radius 1 is 1.32 bits per heavy atom. The highest BCUT2D eigenvalue weighted by atomic mass is 32.1. The summed E-state index contributed by atoms with van der Waals surface area (Å²) in [5, 5.41) is 6.84. The van der Waals surface area contributed by atoms with Crippen LogP contribution in [0, 0.1) is 12.8 Å². The van der Waals surface area contributed by atoms with Crippen LogP contribution in [0.1, 0.15) is 48.8 Å². The molecule has 1 aromatic rings. The molecule has 1 saturated heterocycles. The number of guanidine groups is 1. The highest BCUT2D eigenvalue weighted by Crippen LogP contribution is 2.27. The number of carbonyl (C=O) groups excluding carboxylic acids is 1. The van der Waals surface area contributed by atoms with Crippen LogP contribution in [0.15, 0.2) is 17.1 Å². The van der Waals surface area contributed by atoms with E-state index < -0.39 is 0 Å². The van der Waals surface area contributed by atoms with E-state index in [9.17, 15) is 4.79 Å². The number of hydrogen-bond donors (Lipinski definition) is 2. The van der Waals surface area contributed by atoms with Crippen LogP contribution >= 0.6 is 11.3 Å². The molecule has 2 aliphatic rings. The molecule has 1 aliphatic heterocycles. The number of hydrogen-bond acceptors (Lipinski definition) is 3. The fraction of sp³-hybridized carbons (Fsp3) is 0.684. The largest absolute Gasteiger partial charge is 0.357 e. The summed E-state index contributed by atoms with van der Waals surface area (Å²) in [5.41, 5.74) is 0. The molecule has 1 unspecified atom stereocenters. The molecule has 6 heteroatoms. The van der Waals surface area contributed by atoms with Gasteiger partial charge in [-0.1, -0.05) is 12.8 Å². The van der Waals surface area contributed by atoms with Crippen LogP contribution in [0.3, 0.4) is 0 Å². The zero-order valence-corrected chi connectivity index (χ0v) is 16.2.